The van der Waals surface area contributed by atoms with E-state index < -0.39 is 39.5 Å². The number of aliphatic hydroxyl groups excluding tert-OH is 2. The number of aliphatic hydroxyl groups is 2. The fourth-order valence-electron chi connectivity index (χ4n) is 1.49. The largest absolute Gasteiger partial charge is 0.399 e. The molecule has 0 spiro atoms. The van der Waals surface area contributed by atoms with E-state index in [1.54, 1.807) is 6.92 Å². The van der Waals surface area contributed by atoms with Crippen molar-refractivity contribution in [2.24, 2.45) is 0 Å². The standard InChI is InChI=1S/C11H17FN2O4S/c1-2-11(6-15,7-16)14-19(17,18)10-4-3-8(13)5-9(10)12/h3-5,14-16H,2,6-7,13H2,1H3. The summed E-state index contributed by atoms with van der Waals surface area (Å²) < 4.78 is 39.8. The summed E-state index contributed by atoms with van der Waals surface area (Å²) in [5, 5.41) is 18.4. The maximum absolute atomic E-state index is 13.6. The predicted molar refractivity (Wildman–Crippen MR) is 68.3 cm³/mol. The van der Waals surface area contributed by atoms with Gasteiger partial charge >= 0.3 is 0 Å². The molecule has 0 aliphatic carbocycles. The molecule has 0 atom stereocenters. The Morgan fingerprint density at radius 2 is 1.95 bits per heavy atom. The van der Waals surface area contributed by atoms with Gasteiger partial charge in [-0.2, -0.15) is 0 Å². The van der Waals surface area contributed by atoms with Crippen molar-refractivity contribution in [3.05, 3.63) is 24.0 Å². The number of nitrogens with one attached hydrogen (secondary N) is 1. The van der Waals surface area contributed by atoms with Gasteiger partial charge in [0.15, 0.2) is 0 Å². The van der Waals surface area contributed by atoms with E-state index in [4.69, 9.17) is 5.73 Å². The number of benzene rings is 1. The molecular weight excluding hydrogens is 275 g/mol. The number of hydrogen-bond acceptors (Lipinski definition) is 5. The third-order valence-electron chi connectivity index (χ3n) is 2.88. The Morgan fingerprint density at radius 1 is 1.37 bits per heavy atom. The quantitative estimate of drug-likeness (QED) is 0.543. The highest BCUT2D eigenvalue weighted by Crippen LogP contribution is 2.20. The smallest absolute Gasteiger partial charge is 0.244 e. The van der Waals surface area contributed by atoms with E-state index in [0.29, 0.717) is 0 Å². The van der Waals surface area contributed by atoms with Crippen LogP contribution in [0.3, 0.4) is 0 Å². The SMILES string of the molecule is CCC(CO)(CO)NS(=O)(=O)c1ccc(N)cc1F. The molecule has 0 heterocycles. The minimum absolute atomic E-state index is 0.0996. The van der Waals surface area contributed by atoms with Crippen LogP contribution in [0.15, 0.2) is 23.1 Å². The van der Waals surface area contributed by atoms with Gasteiger partial charge in [-0.1, -0.05) is 6.92 Å². The van der Waals surface area contributed by atoms with Crippen molar-refractivity contribution in [2.45, 2.75) is 23.8 Å². The van der Waals surface area contributed by atoms with Gasteiger partial charge in [-0.3, -0.25) is 0 Å². The Balaban J connectivity index is 3.17. The number of nitrogens with two attached hydrogens (primary N) is 1. The zero-order valence-electron chi connectivity index (χ0n) is 10.4. The Bertz CT molecular complexity index is 535. The van der Waals surface area contributed by atoms with Gasteiger partial charge in [0.2, 0.25) is 10.0 Å². The van der Waals surface area contributed by atoms with Crippen molar-refractivity contribution in [1.82, 2.24) is 4.72 Å². The van der Waals surface area contributed by atoms with Crippen molar-refractivity contribution in [3.63, 3.8) is 0 Å². The molecule has 0 saturated carbocycles. The van der Waals surface area contributed by atoms with E-state index in [1.807, 2.05) is 0 Å². The van der Waals surface area contributed by atoms with E-state index in [2.05, 4.69) is 4.72 Å². The fourth-order valence-corrected chi connectivity index (χ4v) is 3.00. The zero-order chi connectivity index (χ0) is 14.7. The first-order valence-electron chi connectivity index (χ1n) is 5.61. The Kier molecular flexibility index (Phi) is 4.86. The van der Waals surface area contributed by atoms with Gasteiger partial charge in [0.1, 0.15) is 10.7 Å². The van der Waals surface area contributed by atoms with Gasteiger partial charge in [-0.25, -0.2) is 17.5 Å². The molecule has 19 heavy (non-hydrogen) atoms. The molecule has 0 aliphatic heterocycles. The maximum Gasteiger partial charge on any atom is 0.244 e. The number of rotatable bonds is 6. The van der Waals surface area contributed by atoms with Gasteiger partial charge in [-0.05, 0) is 24.6 Å². The second-order valence-corrected chi connectivity index (χ2v) is 5.90. The van der Waals surface area contributed by atoms with E-state index in [0.717, 1.165) is 12.1 Å². The molecule has 0 unspecified atom stereocenters. The molecule has 0 aliphatic rings. The Hall–Kier alpha value is -1.22. The Labute approximate surface area is 111 Å². The van der Waals surface area contributed by atoms with Gasteiger partial charge < -0.3 is 15.9 Å². The van der Waals surface area contributed by atoms with Crippen LogP contribution < -0.4 is 10.5 Å². The van der Waals surface area contributed by atoms with E-state index in [9.17, 15) is 23.0 Å². The average Bonchev–Trinajstić information content (AvgIpc) is 2.35. The van der Waals surface area contributed by atoms with Crippen LogP contribution in [0.25, 0.3) is 0 Å². The van der Waals surface area contributed by atoms with Crippen molar-refractivity contribution in [2.75, 3.05) is 18.9 Å². The number of nitrogen functional groups attached to an aromatic ring is 1. The molecule has 6 nitrogen and oxygen atoms in total. The van der Waals surface area contributed by atoms with Gasteiger partial charge in [0, 0.05) is 5.69 Å². The summed E-state index contributed by atoms with van der Waals surface area (Å²) in [7, 11) is -4.20. The first-order chi connectivity index (χ1) is 8.80. The van der Waals surface area contributed by atoms with Crippen LogP contribution in [0.4, 0.5) is 10.1 Å². The molecule has 5 N–H and O–H groups in total. The Morgan fingerprint density at radius 3 is 2.37 bits per heavy atom. The summed E-state index contributed by atoms with van der Waals surface area (Å²) in [6.45, 7) is 0.389. The molecule has 0 bridgehead atoms. The summed E-state index contributed by atoms with van der Waals surface area (Å²) in [6.07, 6.45) is 0.149. The van der Waals surface area contributed by atoms with Crippen molar-refractivity contribution < 1.29 is 23.0 Å². The number of hydrogen-bond donors (Lipinski definition) is 4. The monoisotopic (exact) mass is 292 g/mol. The maximum atomic E-state index is 13.6. The van der Waals surface area contributed by atoms with Gasteiger partial charge in [-0.15, -0.1) is 0 Å². The molecule has 1 aromatic carbocycles. The highest BCUT2D eigenvalue weighted by molar-refractivity contribution is 7.89. The van der Waals surface area contributed by atoms with Gasteiger partial charge in [0.25, 0.3) is 0 Å². The van der Waals surface area contributed by atoms with Crippen molar-refractivity contribution in [3.8, 4) is 0 Å². The van der Waals surface area contributed by atoms with Crippen LogP contribution in [0, 0.1) is 5.82 Å². The van der Waals surface area contributed by atoms with Crippen LogP contribution >= 0.6 is 0 Å². The minimum Gasteiger partial charge on any atom is -0.399 e. The highest BCUT2D eigenvalue weighted by Gasteiger charge is 2.33. The fraction of sp³-hybridized carbons (Fsp3) is 0.455. The second-order valence-electron chi connectivity index (χ2n) is 4.25. The van der Waals surface area contributed by atoms with Crippen LogP contribution in [0.1, 0.15) is 13.3 Å². The third-order valence-corrected chi connectivity index (χ3v) is 4.49. The van der Waals surface area contributed by atoms with E-state index in [1.165, 1.54) is 6.07 Å². The number of anilines is 1. The first-order valence-corrected chi connectivity index (χ1v) is 7.09. The molecule has 8 heteroatoms. The van der Waals surface area contributed by atoms with Crippen LogP contribution in [-0.4, -0.2) is 37.4 Å². The first kappa shape index (κ1) is 15.8. The van der Waals surface area contributed by atoms with Crippen LogP contribution in [0.2, 0.25) is 0 Å². The van der Waals surface area contributed by atoms with Crippen molar-refractivity contribution in [1.29, 1.82) is 0 Å². The van der Waals surface area contributed by atoms with Crippen LogP contribution in [0.5, 0.6) is 0 Å². The minimum atomic E-state index is -4.20. The van der Waals surface area contributed by atoms with Crippen LogP contribution in [-0.2, 0) is 10.0 Å². The summed E-state index contributed by atoms with van der Waals surface area (Å²) in [4.78, 5) is -0.582. The lowest BCUT2D eigenvalue weighted by atomic mass is 10.0. The summed E-state index contributed by atoms with van der Waals surface area (Å²) in [6, 6.07) is 3.17. The molecule has 0 amide bonds. The number of sulfonamides is 1. The molecule has 1 rings (SSSR count). The zero-order valence-corrected chi connectivity index (χ0v) is 11.2. The van der Waals surface area contributed by atoms with Gasteiger partial charge in [0.05, 0.1) is 18.8 Å². The molecule has 0 radical (unpaired) electrons. The average molecular weight is 292 g/mol. The molecule has 1 aromatic rings. The second kappa shape index (κ2) is 5.83. The molecular formula is C11H17FN2O4S. The summed E-state index contributed by atoms with van der Waals surface area (Å²) >= 11 is 0. The topological polar surface area (TPSA) is 113 Å². The number of halogens is 1. The third kappa shape index (κ3) is 3.41. The normalized spacial score (nSPS) is 12.6. The lowest BCUT2D eigenvalue weighted by Crippen LogP contribution is -2.53. The van der Waals surface area contributed by atoms with E-state index in [-0.39, 0.29) is 12.1 Å². The summed E-state index contributed by atoms with van der Waals surface area (Å²) in [5.74, 6) is -0.992. The highest BCUT2D eigenvalue weighted by atomic mass is 32.2. The lowest BCUT2D eigenvalue weighted by Gasteiger charge is -2.29. The molecule has 0 aromatic heterocycles. The van der Waals surface area contributed by atoms with E-state index >= 15 is 0 Å². The summed E-state index contributed by atoms with van der Waals surface area (Å²) in [5.41, 5.74) is 4.02. The molecule has 108 valence electrons. The molecule has 0 saturated heterocycles. The lowest BCUT2D eigenvalue weighted by molar-refractivity contribution is 0.105. The molecule has 0 fully saturated rings. The predicted octanol–water partition coefficient (Wildman–Crippen LogP) is -0.180. The van der Waals surface area contributed by atoms with Crippen molar-refractivity contribution >= 4 is 15.7 Å².